The summed E-state index contributed by atoms with van der Waals surface area (Å²) >= 11 is 16.4. The van der Waals surface area contributed by atoms with E-state index in [1.165, 1.54) is 5.56 Å². The highest BCUT2D eigenvalue weighted by Crippen LogP contribution is 2.28. The summed E-state index contributed by atoms with van der Waals surface area (Å²) < 4.78 is 1.13. The zero-order valence-electron chi connectivity index (χ0n) is 10.2. The van der Waals surface area contributed by atoms with Gasteiger partial charge < -0.3 is 10.6 Å². The summed E-state index contributed by atoms with van der Waals surface area (Å²) in [4.78, 5) is 2.46. The van der Waals surface area contributed by atoms with Crippen molar-refractivity contribution in [3.8, 4) is 0 Å². The molecule has 0 saturated carbocycles. The Bertz CT molecular complexity index is 612. The molecule has 0 aliphatic rings. The first kappa shape index (κ1) is 14.8. The van der Waals surface area contributed by atoms with Crippen LogP contribution in [0.15, 0.2) is 33.4 Å². The predicted molar refractivity (Wildman–Crippen MR) is 91.5 cm³/mol. The van der Waals surface area contributed by atoms with Crippen LogP contribution in [0.5, 0.6) is 0 Å². The van der Waals surface area contributed by atoms with Crippen molar-refractivity contribution in [3.05, 3.63) is 49.6 Å². The Morgan fingerprint density at radius 2 is 2.21 bits per heavy atom. The van der Waals surface area contributed by atoms with Crippen LogP contribution in [0, 0.1) is 0 Å². The Balaban J connectivity index is 2.19. The maximum atomic E-state index is 6.28. The summed E-state index contributed by atoms with van der Waals surface area (Å²) in [5, 5.41) is 2.78. The number of hydrogen-bond acceptors (Lipinski definition) is 3. The Hall–Kier alpha value is -0.620. The second-order valence-corrected chi connectivity index (χ2v) is 7.28. The van der Waals surface area contributed by atoms with Crippen LogP contribution in [0.25, 0.3) is 0 Å². The van der Waals surface area contributed by atoms with E-state index >= 15 is 0 Å². The number of anilines is 1. The zero-order valence-corrected chi connectivity index (χ0v) is 14.2. The van der Waals surface area contributed by atoms with Gasteiger partial charge in [-0.3, -0.25) is 0 Å². The topological polar surface area (TPSA) is 29.3 Å². The third kappa shape index (κ3) is 3.69. The Kier molecular flexibility index (Phi) is 4.84. The molecule has 0 spiro atoms. The standard InChI is InChI=1S/C13H12BrClN2S2/c1-17(6-8-4-12(14)19-7-8)11-3-2-9(13(16)18)5-10(11)15/h2-5,7H,6H2,1H3,(H2,16,18). The van der Waals surface area contributed by atoms with Gasteiger partial charge in [0.15, 0.2) is 0 Å². The molecule has 0 aliphatic carbocycles. The highest BCUT2D eigenvalue weighted by Gasteiger charge is 2.09. The first-order valence-electron chi connectivity index (χ1n) is 5.51. The molecule has 0 radical (unpaired) electrons. The molecule has 2 nitrogen and oxygen atoms in total. The predicted octanol–water partition coefficient (Wildman–Crippen LogP) is 4.43. The quantitative estimate of drug-likeness (QED) is 0.801. The molecule has 0 aliphatic heterocycles. The van der Waals surface area contributed by atoms with Gasteiger partial charge in [-0.1, -0.05) is 23.8 Å². The molecule has 6 heteroatoms. The van der Waals surface area contributed by atoms with E-state index < -0.39 is 0 Å². The van der Waals surface area contributed by atoms with Crippen LogP contribution in [0.2, 0.25) is 5.02 Å². The fourth-order valence-electron chi connectivity index (χ4n) is 1.76. The molecule has 19 heavy (non-hydrogen) atoms. The van der Waals surface area contributed by atoms with Crippen molar-refractivity contribution >= 4 is 61.8 Å². The molecule has 0 amide bonds. The normalized spacial score (nSPS) is 10.5. The molecule has 2 aromatic rings. The minimum Gasteiger partial charge on any atom is -0.389 e. The van der Waals surface area contributed by atoms with Gasteiger partial charge in [0.2, 0.25) is 0 Å². The van der Waals surface area contributed by atoms with Crippen molar-refractivity contribution in [3.63, 3.8) is 0 Å². The fraction of sp³-hybridized carbons (Fsp3) is 0.154. The highest BCUT2D eigenvalue weighted by atomic mass is 79.9. The van der Waals surface area contributed by atoms with Crippen molar-refractivity contribution in [2.75, 3.05) is 11.9 Å². The second-order valence-electron chi connectivity index (χ2n) is 4.15. The Morgan fingerprint density at radius 1 is 1.47 bits per heavy atom. The molecule has 1 aromatic heterocycles. The van der Waals surface area contributed by atoms with Gasteiger partial charge in [0, 0.05) is 19.2 Å². The van der Waals surface area contributed by atoms with E-state index in [0.717, 1.165) is 21.6 Å². The molecule has 0 fully saturated rings. The summed E-state index contributed by atoms with van der Waals surface area (Å²) in [5.74, 6) is 0. The van der Waals surface area contributed by atoms with Crippen LogP contribution in [0.1, 0.15) is 11.1 Å². The largest absolute Gasteiger partial charge is 0.389 e. The Labute approximate surface area is 135 Å². The first-order chi connectivity index (χ1) is 8.97. The fourth-order valence-corrected chi connectivity index (χ4v) is 3.41. The van der Waals surface area contributed by atoms with E-state index in [1.807, 2.05) is 19.2 Å². The maximum Gasteiger partial charge on any atom is 0.104 e. The zero-order chi connectivity index (χ0) is 14.0. The van der Waals surface area contributed by atoms with Crippen LogP contribution in [0.4, 0.5) is 5.69 Å². The van der Waals surface area contributed by atoms with Crippen LogP contribution >= 0.6 is 51.1 Å². The lowest BCUT2D eigenvalue weighted by molar-refractivity contribution is 0.927. The van der Waals surface area contributed by atoms with Gasteiger partial charge >= 0.3 is 0 Å². The number of hydrogen-bond donors (Lipinski definition) is 1. The maximum absolute atomic E-state index is 6.28. The molecule has 0 bridgehead atoms. The van der Waals surface area contributed by atoms with Crippen LogP contribution < -0.4 is 10.6 Å². The smallest absolute Gasteiger partial charge is 0.104 e. The number of nitrogens with two attached hydrogens (primary N) is 1. The van der Waals surface area contributed by atoms with Crippen molar-refractivity contribution in [2.45, 2.75) is 6.54 Å². The monoisotopic (exact) mass is 374 g/mol. The molecule has 100 valence electrons. The lowest BCUT2D eigenvalue weighted by Crippen LogP contribution is -2.17. The van der Waals surface area contributed by atoms with Gasteiger partial charge in [-0.05, 0) is 51.1 Å². The number of benzene rings is 1. The highest BCUT2D eigenvalue weighted by molar-refractivity contribution is 9.11. The third-order valence-electron chi connectivity index (χ3n) is 2.68. The molecule has 1 aromatic carbocycles. The summed E-state index contributed by atoms with van der Waals surface area (Å²) in [5.41, 5.74) is 8.58. The molecule has 2 rings (SSSR count). The van der Waals surface area contributed by atoms with Gasteiger partial charge in [0.1, 0.15) is 4.99 Å². The van der Waals surface area contributed by atoms with E-state index in [1.54, 1.807) is 17.4 Å². The van der Waals surface area contributed by atoms with Gasteiger partial charge in [-0.25, -0.2) is 0 Å². The number of nitrogens with zero attached hydrogens (tertiary/aromatic N) is 1. The molecule has 0 unspecified atom stereocenters. The minimum absolute atomic E-state index is 0.359. The van der Waals surface area contributed by atoms with Gasteiger partial charge in [0.05, 0.1) is 14.5 Å². The van der Waals surface area contributed by atoms with Crippen molar-refractivity contribution in [1.82, 2.24) is 0 Å². The SMILES string of the molecule is CN(Cc1csc(Br)c1)c1ccc(C(N)=S)cc1Cl. The summed E-state index contributed by atoms with van der Waals surface area (Å²) in [6.45, 7) is 0.800. The lowest BCUT2D eigenvalue weighted by atomic mass is 10.2. The molecule has 1 heterocycles. The Morgan fingerprint density at radius 3 is 2.74 bits per heavy atom. The number of rotatable bonds is 4. The molecule has 2 N–H and O–H groups in total. The minimum atomic E-state index is 0.359. The van der Waals surface area contributed by atoms with Crippen molar-refractivity contribution < 1.29 is 0 Å². The third-order valence-corrected chi connectivity index (χ3v) is 4.78. The van der Waals surface area contributed by atoms with Crippen LogP contribution in [-0.2, 0) is 6.54 Å². The molecule has 0 saturated heterocycles. The van der Waals surface area contributed by atoms with Gasteiger partial charge in [-0.2, -0.15) is 0 Å². The first-order valence-corrected chi connectivity index (χ1v) is 7.96. The van der Waals surface area contributed by atoms with E-state index in [0.29, 0.717) is 10.0 Å². The van der Waals surface area contributed by atoms with Gasteiger partial charge in [-0.15, -0.1) is 11.3 Å². The van der Waals surface area contributed by atoms with E-state index in [-0.39, 0.29) is 0 Å². The number of halogens is 2. The van der Waals surface area contributed by atoms with Crippen molar-refractivity contribution in [2.24, 2.45) is 5.73 Å². The van der Waals surface area contributed by atoms with Crippen LogP contribution in [0.3, 0.4) is 0 Å². The van der Waals surface area contributed by atoms with Crippen molar-refractivity contribution in [1.29, 1.82) is 0 Å². The number of thiocarbonyl (C=S) groups is 1. The average Bonchev–Trinajstić information content (AvgIpc) is 2.74. The van der Waals surface area contributed by atoms with E-state index in [4.69, 9.17) is 29.6 Å². The van der Waals surface area contributed by atoms with E-state index in [2.05, 4.69) is 32.3 Å². The number of thiophene rings is 1. The summed E-state index contributed by atoms with van der Waals surface area (Å²) in [6, 6.07) is 7.75. The summed E-state index contributed by atoms with van der Waals surface area (Å²) in [7, 11) is 2.01. The summed E-state index contributed by atoms with van der Waals surface area (Å²) in [6.07, 6.45) is 0. The average molecular weight is 376 g/mol. The molecular formula is C13H12BrClN2S2. The van der Waals surface area contributed by atoms with E-state index in [9.17, 15) is 0 Å². The lowest BCUT2D eigenvalue weighted by Gasteiger charge is -2.20. The van der Waals surface area contributed by atoms with Crippen LogP contribution in [-0.4, -0.2) is 12.0 Å². The molecular weight excluding hydrogens is 364 g/mol. The van der Waals surface area contributed by atoms with Gasteiger partial charge in [0.25, 0.3) is 0 Å². The molecule has 0 atom stereocenters. The second kappa shape index (κ2) is 6.22.